The number of ether oxygens (including phenoxy) is 1. The number of aryl methyl sites for hydroxylation is 1. The first-order chi connectivity index (χ1) is 16.5. The number of nitrogens with one attached hydrogen (secondary N) is 1. The number of imidazole rings is 1. The topological polar surface area (TPSA) is 106 Å². The minimum absolute atomic E-state index is 0.120. The van der Waals surface area contributed by atoms with Crippen LogP contribution in [0, 0.1) is 0 Å². The van der Waals surface area contributed by atoms with Crippen molar-refractivity contribution in [1.29, 1.82) is 0 Å². The number of fused-ring (bicyclic) bond motifs is 1. The molecule has 35 heavy (non-hydrogen) atoms. The SMILES string of the molecule is CN(C(=O)OC(C)(C)C)C1CCN(Cc2cccc3c2n(C)c(=O)n3C2CCC(=O)NC2=O)CC1. The molecule has 190 valence electrons. The monoisotopic (exact) mass is 485 g/mol. The fourth-order valence-electron chi connectivity index (χ4n) is 5.07. The molecule has 1 atom stereocenters. The van der Waals surface area contributed by atoms with Crippen molar-refractivity contribution >= 4 is 28.9 Å². The summed E-state index contributed by atoms with van der Waals surface area (Å²) < 4.78 is 8.62. The van der Waals surface area contributed by atoms with Crippen LogP contribution in [-0.2, 0) is 27.9 Å². The summed E-state index contributed by atoms with van der Waals surface area (Å²) in [4.78, 5) is 53.6. The number of benzene rings is 1. The van der Waals surface area contributed by atoms with Gasteiger partial charge in [-0.2, -0.15) is 0 Å². The van der Waals surface area contributed by atoms with E-state index >= 15 is 0 Å². The Bertz CT molecular complexity index is 1200. The van der Waals surface area contributed by atoms with Gasteiger partial charge in [-0.25, -0.2) is 9.59 Å². The molecule has 2 aliphatic rings. The summed E-state index contributed by atoms with van der Waals surface area (Å²) in [7, 11) is 3.52. The molecule has 1 N–H and O–H groups in total. The molecule has 4 rings (SSSR count). The molecule has 1 aromatic carbocycles. The number of carbonyl (C=O) groups excluding carboxylic acids is 3. The van der Waals surface area contributed by atoms with Gasteiger partial charge in [0.05, 0.1) is 11.0 Å². The third-order valence-electron chi connectivity index (χ3n) is 6.89. The number of imide groups is 1. The smallest absolute Gasteiger partial charge is 0.410 e. The molecule has 3 heterocycles. The van der Waals surface area contributed by atoms with Gasteiger partial charge in [0.2, 0.25) is 11.8 Å². The molecule has 10 nitrogen and oxygen atoms in total. The second-order valence-electron chi connectivity index (χ2n) is 10.6. The first-order valence-electron chi connectivity index (χ1n) is 12.2. The van der Waals surface area contributed by atoms with Gasteiger partial charge in [-0.1, -0.05) is 12.1 Å². The van der Waals surface area contributed by atoms with Gasteiger partial charge in [-0.3, -0.25) is 28.9 Å². The summed E-state index contributed by atoms with van der Waals surface area (Å²) in [6.45, 7) is 7.88. The lowest BCUT2D eigenvalue weighted by molar-refractivity contribution is -0.135. The Hall–Kier alpha value is -3.14. The van der Waals surface area contributed by atoms with Crippen LogP contribution in [0.2, 0.25) is 0 Å². The standard InChI is InChI=1S/C25H35N5O5/c1-25(2,3)35-24(34)27(4)17-11-13-29(14-12-17)15-16-7-6-8-18-21(16)28(5)23(33)30(18)19-9-10-20(31)26-22(19)32/h6-8,17,19H,9-15H2,1-5H3,(H,26,31,32). The zero-order valence-electron chi connectivity index (χ0n) is 21.2. The van der Waals surface area contributed by atoms with E-state index < -0.39 is 17.6 Å². The number of aromatic nitrogens is 2. The lowest BCUT2D eigenvalue weighted by Gasteiger charge is -2.37. The molecule has 1 unspecified atom stereocenters. The fraction of sp³-hybridized carbons (Fsp3) is 0.600. The van der Waals surface area contributed by atoms with E-state index in [9.17, 15) is 19.2 Å². The van der Waals surface area contributed by atoms with Crippen molar-refractivity contribution in [2.45, 2.75) is 70.7 Å². The predicted molar refractivity (Wildman–Crippen MR) is 131 cm³/mol. The highest BCUT2D eigenvalue weighted by molar-refractivity contribution is 6.00. The Morgan fingerprint density at radius 2 is 1.83 bits per heavy atom. The maximum Gasteiger partial charge on any atom is 0.410 e. The van der Waals surface area contributed by atoms with Gasteiger partial charge in [0.25, 0.3) is 0 Å². The first kappa shape index (κ1) is 25.0. The Morgan fingerprint density at radius 1 is 1.14 bits per heavy atom. The van der Waals surface area contributed by atoms with Gasteiger partial charge in [0, 0.05) is 46.2 Å². The molecular formula is C25H35N5O5. The van der Waals surface area contributed by atoms with Crippen molar-refractivity contribution in [2.75, 3.05) is 20.1 Å². The number of hydrogen-bond donors (Lipinski definition) is 1. The normalized spacial score (nSPS) is 20.2. The van der Waals surface area contributed by atoms with Crippen molar-refractivity contribution in [3.8, 4) is 0 Å². The molecule has 0 radical (unpaired) electrons. The fourth-order valence-corrected chi connectivity index (χ4v) is 5.07. The van der Waals surface area contributed by atoms with Crippen molar-refractivity contribution < 1.29 is 19.1 Å². The number of amides is 3. The van der Waals surface area contributed by atoms with Gasteiger partial charge in [0.1, 0.15) is 11.6 Å². The number of rotatable bonds is 4. The molecular weight excluding hydrogens is 450 g/mol. The Balaban J connectivity index is 1.49. The van der Waals surface area contributed by atoms with E-state index in [0.717, 1.165) is 37.0 Å². The van der Waals surface area contributed by atoms with E-state index in [4.69, 9.17) is 4.74 Å². The average molecular weight is 486 g/mol. The summed E-state index contributed by atoms with van der Waals surface area (Å²) >= 11 is 0. The van der Waals surface area contributed by atoms with Crippen molar-refractivity contribution in [1.82, 2.24) is 24.3 Å². The maximum absolute atomic E-state index is 13.1. The van der Waals surface area contributed by atoms with Crippen molar-refractivity contribution in [2.24, 2.45) is 7.05 Å². The summed E-state index contributed by atoms with van der Waals surface area (Å²) in [5.74, 6) is -0.738. The largest absolute Gasteiger partial charge is 0.444 e. The highest BCUT2D eigenvalue weighted by Crippen LogP contribution is 2.27. The van der Waals surface area contributed by atoms with Gasteiger partial charge < -0.3 is 9.64 Å². The number of nitrogens with zero attached hydrogens (tertiary/aromatic N) is 4. The van der Waals surface area contributed by atoms with Crippen molar-refractivity contribution in [3.05, 3.63) is 34.2 Å². The van der Waals surface area contributed by atoms with Crippen LogP contribution in [0.1, 0.15) is 58.1 Å². The Kier molecular flexibility index (Phi) is 6.77. The molecule has 0 bridgehead atoms. The van der Waals surface area contributed by atoms with Crippen LogP contribution >= 0.6 is 0 Å². The Morgan fingerprint density at radius 3 is 2.46 bits per heavy atom. The van der Waals surface area contributed by atoms with Crippen LogP contribution in [0.5, 0.6) is 0 Å². The number of hydrogen-bond acceptors (Lipinski definition) is 6. The Labute approximate surface area is 204 Å². The minimum Gasteiger partial charge on any atom is -0.444 e. The number of likely N-dealkylation sites (tertiary alicyclic amines) is 1. The van der Waals surface area contributed by atoms with Gasteiger partial charge in [-0.05, 0) is 51.7 Å². The third kappa shape index (κ3) is 5.12. The third-order valence-corrected chi connectivity index (χ3v) is 6.89. The van der Waals surface area contributed by atoms with Gasteiger partial charge >= 0.3 is 11.8 Å². The van der Waals surface area contributed by atoms with E-state index in [1.165, 1.54) is 4.57 Å². The van der Waals surface area contributed by atoms with E-state index in [-0.39, 0.29) is 30.2 Å². The van der Waals surface area contributed by atoms with Crippen LogP contribution in [0.3, 0.4) is 0 Å². The second kappa shape index (κ2) is 9.49. The minimum atomic E-state index is -0.696. The van der Waals surface area contributed by atoms with Gasteiger partial charge in [0.15, 0.2) is 0 Å². The molecule has 0 aliphatic carbocycles. The van der Waals surface area contributed by atoms with E-state index in [2.05, 4.69) is 10.2 Å². The molecule has 3 amide bonds. The van der Waals surface area contributed by atoms with Gasteiger partial charge in [-0.15, -0.1) is 0 Å². The molecule has 2 aliphatic heterocycles. The average Bonchev–Trinajstić information content (AvgIpc) is 3.04. The summed E-state index contributed by atoms with van der Waals surface area (Å²) in [6, 6.07) is 5.19. The highest BCUT2D eigenvalue weighted by atomic mass is 16.6. The zero-order chi connectivity index (χ0) is 25.5. The number of para-hydroxylation sites is 1. The molecule has 0 spiro atoms. The number of carbonyl (C=O) groups is 3. The predicted octanol–water partition coefficient (Wildman–Crippen LogP) is 2.15. The maximum atomic E-state index is 13.1. The number of piperidine rings is 2. The molecule has 0 saturated carbocycles. The molecule has 2 saturated heterocycles. The summed E-state index contributed by atoms with van der Waals surface area (Å²) in [6.07, 6.45) is 1.90. The van der Waals surface area contributed by atoms with Crippen LogP contribution < -0.4 is 11.0 Å². The second-order valence-corrected chi connectivity index (χ2v) is 10.6. The van der Waals surface area contributed by atoms with Crippen LogP contribution in [-0.4, -0.2) is 68.6 Å². The van der Waals surface area contributed by atoms with Crippen LogP contribution in [0.25, 0.3) is 11.0 Å². The first-order valence-corrected chi connectivity index (χ1v) is 12.2. The van der Waals surface area contributed by atoms with Crippen molar-refractivity contribution in [3.63, 3.8) is 0 Å². The van der Waals surface area contributed by atoms with Crippen LogP contribution in [0.4, 0.5) is 4.79 Å². The molecule has 2 fully saturated rings. The highest BCUT2D eigenvalue weighted by Gasteiger charge is 2.32. The lowest BCUT2D eigenvalue weighted by Crippen LogP contribution is -2.46. The van der Waals surface area contributed by atoms with E-state index in [0.29, 0.717) is 18.5 Å². The summed E-state index contributed by atoms with van der Waals surface area (Å²) in [5, 5.41) is 2.35. The molecule has 1 aromatic heterocycles. The molecule has 10 heteroatoms. The lowest BCUT2D eigenvalue weighted by atomic mass is 10.0. The summed E-state index contributed by atoms with van der Waals surface area (Å²) in [5.41, 5.74) is 1.72. The quantitative estimate of drug-likeness (QED) is 0.666. The molecule has 2 aromatic rings. The van der Waals surface area contributed by atoms with E-state index in [1.54, 1.807) is 23.6 Å². The van der Waals surface area contributed by atoms with E-state index in [1.807, 2.05) is 39.0 Å². The zero-order valence-corrected chi connectivity index (χ0v) is 21.2. The van der Waals surface area contributed by atoms with Crippen LogP contribution in [0.15, 0.2) is 23.0 Å².